The molecule has 5 heteroatoms. The molecule has 1 aliphatic rings. The minimum Gasteiger partial charge on any atom is -0.454 e. The molecule has 0 saturated carbocycles. The molecule has 2 rings (SSSR count). The van der Waals surface area contributed by atoms with Gasteiger partial charge in [-0.2, -0.15) is 0 Å². The van der Waals surface area contributed by atoms with Crippen LogP contribution in [0.5, 0.6) is 11.5 Å². The third kappa shape index (κ3) is 2.38. The summed E-state index contributed by atoms with van der Waals surface area (Å²) in [5.74, 6) is 0.996. The second kappa shape index (κ2) is 4.86. The van der Waals surface area contributed by atoms with Crippen molar-refractivity contribution in [3.05, 3.63) is 33.9 Å². The number of rotatable bonds is 4. The average molecular weight is 235 g/mol. The second-order valence-electron chi connectivity index (χ2n) is 3.71. The van der Waals surface area contributed by atoms with Crippen molar-refractivity contribution in [1.29, 1.82) is 0 Å². The van der Waals surface area contributed by atoms with Gasteiger partial charge in [-0.1, -0.05) is 25.5 Å². The first-order valence-corrected chi connectivity index (χ1v) is 5.47. The van der Waals surface area contributed by atoms with Gasteiger partial charge in [-0.25, -0.2) is 0 Å². The summed E-state index contributed by atoms with van der Waals surface area (Å²) in [5, 5.41) is 10.9. The minimum atomic E-state index is -0.409. The molecule has 0 N–H and O–H groups in total. The Bertz CT molecular complexity index is 468. The lowest BCUT2D eigenvalue weighted by molar-refractivity contribution is -0.385. The number of nitro groups is 1. The van der Waals surface area contributed by atoms with E-state index in [-0.39, 0.29) is 12.5 Å². The van der Waals surface area contributed by atoms with Crippen LogP contribution in [0.3, 0.4) is 0 Å². The number of allylic oxidation sites excluding steroid dienone is 1. The fourth-order valence-corrected chi connectivity index (χ4v) is 1.62. The maximum Gasteiger partial charge on any atom is 0.280 e. The molecule has 1 aromatic rings. The molecule has 0 atom stereocenters. The van der Waals surface area contributed by atoms with Crippen molar-refractivity contribution in [1.82, 2.24) is 0 Å². The highest BCUT2D eigenvalue weighted by Gasteiger charge is 2.21. The lowest BCUT2D eigenvalue weighted by atomic mass is 10.1. The van der Waals surface area contributed by atoms with Crippen LogP contribution < -0.4 is 9.47 Å². The third-order valence-electron chi connectivity index (χ3n) is 2.47. The number of ether oxygens (including phenoxy) is 2. The number of fused-ring (bicyclic) bond motifs is 1. The number of nitro benzene ring substituents is 1. The van der Waals surface area contributed by atoms with E-state index in [1.807, 2.05) is 6.08 Å². The lowest BCUT2D eigenvalue weighted by Gasteiger charge is -2.00. The third-order valence-corrected chi connectivity index (χ3v) is 2.47. The Morgan fingerprint density at radius 1 is 1.41 bits per heavy atom. The Morgan fingerprint density at radius 2 is 2.12 bits per heavy atom. The van der Waals surface area contributed by atoms with Gasteiger partial charge in [0.15, 0.2) is 11.5 Å². The Labute approximate surface area is 98.8 Å². The zero-order valence-corrected chi connectivity index (χ0v) is 9.51. The predicted octanol–water partition coefficient (Wildman–Crippen LogP) is 3.14. The topological polar surface area (TPSA) is 61.6 Å². The molecule has 0 aliphatic carbocycles. The van der Waals surface area contributed by atoms with E-state index in [0.29, 0.717) is 17.1 Å². The molecule has 1 aliphatic heterocycles. The molecule has 0 amide bonds. The van der Waals surface area contributed by atoms with Crippen LogP contribution in [0.1, 0.15) is 25.3 Å². The van der Waals surface area contributed by atoms with Gasteiger partial charge in [0.2, 0.25) is 6.79 Å². The summed E-state index contributed by atoms with van der Waals surface area (Å²) in [5.41, 5.74) is 0.592. The zero-order chi connectivity index (χ0) is 12.3. The molecule has 0 spiro atoms. The maximum atomic E-state index is 10.9. The number of unbranched alkanes of at least 4 members (excludes halogenated alkanes) is 1. The summed E-state index contributed by atoms with van der Waals surface area (Å²) in [6.07, 6.45) is 5.58. The summed E-state index contributed by atoms with van der Waals surface area (Å²) in [4.78, 5) is 10.5. The van der Waals surface area contributed by atoms with Crippen molar-refractivity contribution in [2.75, 3.05) is 6.79 Å². The van der Waals surface area contributed by atoms with Crippen LogP contribution in [0, 0.1) is 10.1 Å². The van der Waals surface area contributed by atoms with Gasteiger partial charge < -0.3 is 9.47 Å². The van der Waals surface area contributed by atoms with Gasteiger partial charge in [0.05, 0.1) is 16.6 Å². The summed E-state index contributed by atoms with van der Waals surface area (Å²) >= 11 is 0. The lowest BCUT2D eigenvalue weighted by Crippen LogP contribution is -1.93. The van der Waals surface area contributed by atoms with Crippen molar-refractivity contribution in [2.45, 2.75) is 19.8 Å². The van der Waals surface area contributed by atoms with Crippen LogP contribution in [0.4, 0.5) is 5.69 Å². The number of hydrogen-bond donors (Lipinski definition) is 0. The molecule has 0 radical (unpaired) electrons. The van der Waals surface area contributed by atoms with Crippen molar-refractivity contribution in [3.63, 3.8) is 0 Å². The highest BCUT2D eigenvalue weighted by atomic mass is 16.7. The van der Waals surface area contributed by atoms with Crippen molar-refractivity contribution in [2.24, 2.45) is 0 Å². The normalized spacial score (nSPS) is 13.2. The molecule has 90 valence electrons. The monoisotopic (exact) mass is 235 g/mol. The Hall–Kier alpha value is -2.04. The molecule has 0 unspecified atom stereocenters. The van der Waals surface area contributed by atoms with Gasteiger partial charge in [0, 0.05) is 0 Å². The van der Waals surface area contributed by atoms with Crippen LogP contribution in [-0.4, -0.2) is 11.7 Å². The highest BCUT2D eigenvalue weighted by Crippen LogP contribution is 2.38. The molecule has 1 aromatic carbocycles. The van der Waals surface area contributed by atoms with E-state index in [0.717, 1.165) is 12.8 Å². The zero-order valence-electron chi connectivity index (χ0n) is 9.51. The van der Waals surface area contributed by atoms with E-state index in [9.17, 15) is 10.1 Å². The maximum absolute atomic E-state index is 10.9. The SMILES string of the molecule is CCC/C=C/c1cc2c(cc1[N+](=O)[O-])OCO2. The van der Waals surface area contributed by atoms with E-state index >= 15 is 0 Å². The number of hydrogen-bond acceptors (Lipinski definition) is 4. The Kier molecular flexibility index (Phi) is 3.27. The molecule has 0 bridgehead atoms. The Balaban J connectivity index is 2.38. The number of benzene rings is 1. The number of nitrogens with zero attached hydrogens (tertiary/aromatic N) is 1. The van der Waals surface area contributed by atoms with Gasteiger partial charge in [0.25, 0.3) is 5.69 Å². The summed E-state index contributed by atoms with van der Waals surface area (Å²) < 4.78 is 10.3. The molecule has 17 heavy (non-hydrogen) atoms. The second-order valence-corrected chi connectivity index (χ2v) is 3.71. The van der Waals surface area contributed by atoms with Crippen molar-refractivity contribution in [3.8, 4) is 11.5 Å². The predicted molar refractivity (Wildman–Crippen MR) is 63.2 cm³/mol. The van der Waals surface area contributed by atoms with Crippen LogP contribution >= 0.6 is 0 Å². The molecular formula is C12H13NO4. The first-order chi connectivity index (χ1) is 8.22. The quantitative estimate of drug-likeness (QED) is 0.594. The average Bonchev–Trinajstić information content (AvgIpc) is 2.75. The Morgan fingerprint density at radius 3 is 2.76 bits per heavy atom. The van der Waals surface area contributed by atoms with Crippen LogP contribution in [0.15, 0.2) is 18.2 Å². The highest BCUT2D eigenvalue weighted by molar-refractivity contribution is 5.67. The van der Waals surface area contributed by atoms with E-state index in [2.05, 4.69) is 6.92 Å². The first-order valence-electron chi connectivity index (χ1n) is 5.47. The fraction of sp³-hybridized carbons (Fsp3) is 0.333. The van der Waals surface area contributed by atoms with Gasteiger partial charge in [-0.3, -0.25) is 10.1 Å². The summed E-state index contributed by atoms with van der Waals surface area (Å²) in [7, 11) is 0. The summed E-state index contributed by atoms with van der Waals surface area (Å²) in [6.45, 7) is 2.17. The van der Waals surface area contributed by atoms with Crippen LogP contribution in [0.25, 0.3) is 6.08 Å². The standard InChI is InChI=1S/C12H13NO4/c1-2-3-4-5-9-6-11-12(17-8-16-11)7-10(9)13(14)15/h4-7H,2-3,8H2,1H3/b5-4+. The van der Waals surface area contributed by atoms with Gasteiger partial charge in [0.1, 0.15) is 0 Å². The molecule has 0 saturated heterocycles. The largest absolute Gasteiger partial charge is 0.454 e. The van der Waals surface area contributed by atoms with Gasteiger partial charge in [-0.15, -0.1) is 0 Å². The minimum absolute atomic E-state index is 0.0432. The van der Waals surface area contributed by atoms with E-state index in [4.69, 9.17) is 9.47 Å². The van der Waals surface area contributed by atoms with Crippen molar-refractivity contribution < 1.29 is 14.4 Å². The molecule has 1 heterocycles. The fourth-order valence-electron chi connectivity index (χ4n) is 1.62. The first kappa shape index (κ1) is 11.4. The van der Waals surface area contributed by atoms with Gasteiger partial charge in [-0.05, 0) is 12.5 Å². The van der Waals surface area contributed by atoms with E-state index in [1.165, 1.54) is 6.07 Å². The van der Waals surface area contributed by atoms with E-state index in [1.54, 1.807) is 12.1 Å². The molecular weight excluding hydrogens is 222 g/mol. The van der Waals surface area contributed by atoms with Crippen LogP contribution in [-0.2, 0) is 0 Å². The van der Waals surface area contributed by atoms with Crippen molar-refractivity contribution >= 4 is 11.8 Å². The molecule has 0 fully saturated rings. The molecule has 5 nitrogen and oxygen atoms in total. The summed E-state index contributed by atoms with van der Waals surface area (Å²) in [6, 6.07) is 3.06. The van der Waals surface area contributed by atoms with Gasteiger partial charge >= 0.3 is 0 Å². The molecule has 0 aromatic heterocycles. The van der Waals surface area contributed by atoms with E-state index < -0.39 is 4.92 Å². The van der Waals surface area contributed by atoms with Crippen LogP contribution in [0.2, 0.25) is 0 Å². The smallest absolute Gasteiger partial charge is 0.280 e.